The van der Waals surface area contributed by atoms with Gasteiger partial charge in [-0.15, -0.1) is 0 Å². The molecule has 1 fully saturated rings. The third kappa shape index (κ3) is 1.53. The van der Waals surface area contributed by atoms with E-state index in [1.807, 2.05) is 24.3 Å². The second-order valence-electron chi connectivity index (χ2n) is 5.30. The number of rotatable bonds is 1. The highest BCUT2D eigenvalue weighted by Crippen LogP contribution is 2.39. The van der Waals surface area contributed by atoms with E-state index in [0.717, 1.165) is 35.5 Å². The van der Waals surface area contributed by atoms with Crippen LogP contribution in [0, 0.1) is 0 Å². The molecule has 0 N–H and O–H groups in total. The Bertz CT molecular complexity index is 658. The smallest absolute Gasteiger partial charge is 0.209 e. The van der Waals surface area contributed by atoms with Crippen molar-refractivity contribution in [1.82, 2.24) is 4.90 Å². The van der Waals surface area contributed by atoms with Crippen molar-refractivity contribution in [3.05, 3.63) is 58.8 Å². The number of nitrogens with zero attached hydrogens (tertiary/aromatic N) is 1. The van der Waals surface area contributed by atoms with Gasteiger partial charge in [0.05, 0.1) is 5.70 Å². The summed E-state index contributed by atoms with van der Waals surface area (Å²) in [5.41, 5.74) is 5.17. The van der Waals surface area contributed by atoms with Crippen LogP contribution in [0.2, 0.25) is 0 Å². The van der Waals surface area contributed by atoms with Crippen LogP contribution in [0.15, 0.2) is 47.7 Å². The lowest BCUT2D eigenvalue weighted by Gasteiger charge is -2.23. The molecule has 3 aliphatic rings. The number of carbonyl (C=O) groups is 1. The molecule has 4 rings (SSSR count). The summed E-state index contributed by atoms with van der Waals surface area (Å²) in [6, 6.07) is 8.21. The monoisotopic (exact) mass is 249 g/mol. The molecular formula is C17H15NO. The Morgan fingerprint density at radius 3 is 2.58 bits per heavy atom. The topological polar surface area (TPSA) is 20.3 Å². The molecule has 19 heavy (non-hydrogen) atoms. The van der Waals surface area contributed by atoms with Gasteiger partial charge in [-0.25, -0.2) is 0 Å². The Morgan fingerprint density at radius 1 is 0.947 bits per heavy atom. The van der Waals surface area contributed by atoms with E-state index in [9.17, 15) is 4.79 Å². The summed E-state index contributed by atoms with van der Waals surface area (Å²) in [5.74, 6) is 0.190. The minimum atomic E-state index is 0.190. The Kier molecular flexibility index (Phi) is 2.25. The fourth-order valence-electron chi connectivity index (χ4n) is 3.20. The van der Waals surface area contributed by atoms with Gasteiger partial charge in [0, 0.05) is 18.7 Å². The normalized spacial score (nSPS) is 20.7. The SMILES string of the molecule is O=C1C2=Cc3ccccc3C2=CC=C1N1CCCC1. The number of ketones is 1. The average molecular weight is 249 g/mol. The third-order valence-electron chi connectivity index (χ3n) is 4.17. The molecule has 0 radical (unpaired) electrons. The van der Waals surface area contributed by atoms with Crippen LogP contribution in [0.25, 0.3) is 11.6 Å². The maximum absolute atomic E-state index is 12.6. The lowest BCUT2D eigenvalue weighted by molar-refractivity contribution is -0.113. The molecule has 0 unspecified atom stereocenters. The lowest BCUT2D eigenvalue weighted by atomic mass is 9.94. The van der Waals surface area contributed by atoms with Crippen LogP contribution in [0.5, 0.6) is 0 Å². The molecule has 0 aromatic heterocycles. The van der Waals surface area contributed by atoms with Crippen molar-refractivity contribution in [2.45, 2.75) is 12.8 Å². The van der Waals surface area contributed by atoms with E-state index in [1.54, 1.807) is 0 Å². The molecule has 2 heteroatoms. The predicted octanol–water partition coefficient (Wildman–Crippen LogP) is 3.03. The van der Waals surface area contributed by atoms with Gasteiger partial charge in [0.15, 0.2) is 0 Å². The number of allylic oxidation sites excluding steroid dienone is 4. The standard InChI is InChI=1S/C17H15NO/c19-17-15-11-12-5-1-2-6-13(12)14(15)7-8-16(17)18-9-3-4-10-18/h1-2,5-8,11H,3-4,9-10H2. The zero-order valence-corrected chi connectivity index (χ0v) is 10.7. The van der Waals surface area contributed by atoms with Crippen molar-refractivity contribution in [2.24, 2.45) is 0 Å². The Hall–Kier alpha value is -2.09. The van der Waals surface area contributed by atoms with Gasteiger partial charge in [0.2, 0.25) is 5.78 Å². The molecule has 1 aromatic carbocycles. The molecule has 0 saturated carbocycles. The number of benzene rings is 1. The number of Topliss-reactive ketones (excluding diaryl/α,β-unsaturated/α-hetero) is 1. The fraction of sp³-hybridized carbons (Fsp3) is 0.235. The maximum atomic E-state index is 12.6. The minimum absolute atomic E-state index is 0.190. The first-order valence-electron chi connectivity index (χ1n) is 6.88. The summed E-state index contributed by atoms with van der Waals surface area (Å²) in [7, 11) is 0. The van der Waals surface area contributed by atoms with Gasteiger partial charge in [0.25, 0.3) is 0 Å². The van der Waals surface area contributed by atoms with E-state index in [1.165, 1.54) is 18.4 Å². The second-order valence-corrected chi connectivity index (χ2v) is 5.30. The van der Waals surface area contributed by atoms with Crippen molar-refractivity contribution in [1.29, 1.82) is 0 Å². The van der Waals surface area contributed by atoms with Gasteiger partial charge < -0.3 is 4.90 Å². The van der Waals surface area contributed by atoms with Crippen molar-refractivity contribution >= 4 is 17.4 Å². The molecule has 1 aromatic rings. The van der Waals surface area contributed by atoms with Crippen LogP contribution in [-0.4, -0.2) is 23.8 Å². The summed E-state index contributed by atoms with van der Waals surface area (Å²) in [6.07, 6.45) is 8.53. The van der Waals surface area contributed by atoms with E-state index in [-0.39, 0.29) is 5.78 Å². The van der Waals surface area contributed by atoms with Gasteiger partial charge in [-0.2, -0.15) is 0 Å². The molecule has 0 atom stereocenters. The van der Waals surface area contributed by atoms with Crippen molar-refractivity contribution in [2.75, 3.05) is 13.1 Å². The molecule has 2 aliphatic carbocycles. The van der Waals surface area contributed by atoms with Crippen LogP contribution in [0.1, 0.15) is 24.0 Å². The van der Waals surface area contributed by atoms with Crippen molar-refractivity contribution < 1.29 is 4.79 Å². The number of likely N-dealkylation sites (tertiary alicyclic amines) is 1. The summed E-state index contributed by atoms with van der Waals surface area (Å²) in [4.78, 5) is 14.9. The Morgan fingerprint density at radius 2 is 1.74 bits per heavy atom. The Balaban J connectivity index is 1.79. The summed E-state index contributed by atoms with van der Waals surface area (Å²) in [6.45, 7) is 2.03. The highest BCUT2D eigenvalue weighted by molar-refractivity contribution is 6.25. The molecule has 0 bridgehead atoms. The van der Waals surface area contributed by atoms with E-state index >= 15 is 0 Å². The zero-order chi connectivity index (χ0) is 12.8. The summed E-state index contributed by atoms with van der Waals surface area (Å²) in [5, 5.41) is 0. The van der Waals surface area contributed by atoms with E-state index < -0.39 is 0 Å². The molecule has 0 spiro atoms. The highest BCUT2D eigenvalue weighted by Gasteiger charge is 2.31. The molecule has 1 aliphatic heterocycles. The van der Waals surface area contributed by atoms with Crippen molar-refractivity contribution in [3.8, 4) is 0 Å². The number of hydrogen-bond acceptors (Lipinski definition) is 2. The average Bonchev–Trinajstić information content (AvgIpc) is 3.06. The second kappa shape index (κ2) is 3.95. The first-order chi connectivity index (χ1) is 9.34. The Labute approximate surface area is 112 Å². The summed E-state index contributed by atoms with van der Waals surface area (Å²) < 4.78 is 0. The van der Waals surface area contributed by atoms with Crippen LogP contribution < -0.4 is 0 Å². The largest absolute Gasteiger partial charge is 0.368 e. The van der Waals surface area contributed by atoms with Gasteiger partial charge in [-0.1, -0.05) is 30.3 Å². The zero-order valence-electron chi connectivity index (χ0n) is 10.7. The summed E-state index contributed by atoms with van der Waals surface area (Å²) >= 11 is 0. The van der Waals surface area contributed by atoms with E-state index in [2.05, 4.69) is 23.1 Å². The van der Waals surface area contributed by atoms with E-state index in [4.69, 9.17) is 0 Å². The third-order valence-corrected chi connectivity index (χ3v) is 4.17. The highest BCUT2D eigenvalue weighted by atomic mass is 16.1. The molecule has 1 saturated heterocycles. The first kappa shape index (κ1) is 10.8. The van der Waals surface area contributed by atoms with Gasteiger partial charge >= 0.3 is 0 Å². The van der Waals surface area contributed by atoms with Crippen LogP contribution in [0.4, 0.5) is 0 Å². The lowest BCUT2D eigenvalue weighted by Crippen LogP contribution is -2.26. The van der Waals surface area contributed by atoms with Crippen LogP contribution in [0.3, 0.4) is 0 Å². The predicted molar refractivity (Wildman–Crippen MR) is 76.3 cm³/mol. The van der Waals surface area contributed by atoms with Crippen LogP contribution >= 0.6 is 0 Å². The number of fused-ring (bicyclic) bond motifs is 3. The molecule has 0 amide bonds. The minimum Gasteiger partial charge on any atom is -0.368 e. The van der Waals surface area contributed by atoms with E-state index in [0.29, 0.717) is 0 Å². The van der Waals surface area contributed by atoms with Gasteiger partial charge in [0.1, 0.15) is 0 Å². The number of carbonyl (C=O) groups excluding carboxylic acids is 1. The molecule has 1 heterocycles. The molecule has 94 valence electrons. The molecular weight excluding hydrogens is 234 g/mol. The fourth-order valence-corrected chi connectivity index (χ4v) is 3.20. The van der Waals surface area contributed by atoms with Gasteiger partial charge in [-0.05, 0) is 41.7 Å². The van der Waals surface area contributed by atoms with Gasteiger partial charge in [-0.3, -0.25) is 4.79 Å². The van der Waals surface area contributed by atoms with Crippen LogP contribution in [-0.2, 0) is 4.79 Å². The molecule has 2 nitrogen and oxygen atoms in total. The van der Waals surface area contributed by atoms with Crippen molar-refractivity contribution in [3.63, 3.8) is 0 Å². The first-order valence-corrected chi connectivity index (χ1v) is 6.88. The number of hydrogen-bond donors (Lipinski definition) is 0. The maximum Gasteiger partial charge on any atom is 0.209 e. The quantitative estimate of drug-likeness (QED) is 0.762.